The molecule has 0 aliphatic carbocycles. The summed E-state index contributed by atoms with van der Waals surface area (Å²) in [5.74, 6) is -3.60. The van der Waals surface area contributed by atoms with E-state index >= 15 is 0 Å². The summed E-state index contributed by atoms with van der Waals surface area (Å²) < 4.78 is 33.1. The molecule has 188 valence electrons. The largest absolute Gasteiger partial charge is 0.377 e. The number of anilines is 2. The molecule has 2 aliphatic rings. The van der Waals surface area contributed by atoms with Gasteiger partial charge in [-0.05, 0) is 72.9 Å². The van der Waals surface area contributed by atoms with Gasteiger partial charge in [-0.15, -0.1) is 0 Å². The molecule has 8 heteroatoms. The number of ether oxygens (including phenoxy) is 1. The molecule has 2 unspecified atom stereocenters. The Bertz CT molecular complexity index is 1320. The summed E-state index contributed by atoms with van der Waals surface area (Å²) in [6, 6.07) is 14.7. The van der Waals surface area contributed by atoms with E-state index in [0.717, 1.165) is 42.6 Å². The summed E-state index contributed by atoms with van der Waals surface area (Å²) in [7, 11) is 0. The van der Waals surface area contributed by atoms with Gasteiger partial charge in [-0.3, -0.25) is 9.78 Å². The Labute approximate surface area is 209 Å². The summed E-state index contributed by atoms with van der Waals surface area (Å²) in [5, 5.41) is 2.84. The first-order valence-electron chi connectivity index (χ1n) is 12.1. The van der Waals surface area contributed by atoms with Crippen molar-refractivity contribution in [3.05, 3.63) is 77.1 Å². The number of aromatic nitrogens is 1. The van der Waals surface area contributed by atoms with Crippen molar-refractivity contribution in [2.45, 2.75) is 44.7 Å². The molecule has 1 saturated heterocycles. The van der Waals surface area contributed by atoms with Gasteiger partial charge in [0.1, 0.15) is 5.69 Å². The lowest BCUT2D eigenvalue weighted by Gasteiger charge is -2.50. The summed E-state index contributed by atoms with van der Waals surface area (Å²) >= 11 is 0. The van der Waals surface area contributed by atoms with Crippen LogP contribution in [0.5, 0.6) is 0 Å². The molecule has 2 aliphatic heterocycles. The number of halogens is 2. The molecule has 0 bridgehead atoms. The zero-order valence-corrected chi connectivity index (χ0v) is 20.6. The van der Waals surface area contributed by atoms with Gasteiger partial charge in [0.05, 0.1) is 19.3 Å². The fraction of sp³-hybridized carbons (Fsp3) is 0.357. The number of nitrogens with one attached hydrogen (secondary N) is 1. The number of hydrogen-bond donors (Lipinski definition) is 2. The van der Waals surface area contributed by atoms with Gasteiger partial charge in [-0.25, -0.2) is 0 Å². The van der Waals surface area contributed by atoms with Crippen LogP contribution in [0, 0.1) is 6.92 Å². The highest BCUT2D eigenvalue weighted by Gasteiger charge is 2.42. The molecule has 5 rings (SSSR count). The number of hydrogen-bond acceptors (Lipinski definition) is 5. The van der Waals surface area contributed by atoms with Gasteiger partial charge in [0.25, 0.3) is 11.8 Å². The summed E-state index contributed by atoms with van der Waals surface area (Å²) in [5.41, 5.74) is 12.0. The molecule has 2 atom stereocenters. The Kier molecular flexibility index (Phi) is 6.04. The van der Waals surface area contributed by atoms with Crippen LogP contribution in [0.2, 0.25) is 0 Å². The third-order valence-corrected chi connectivity index (χ3v) is 7.13. The molecule has 3 aromatic rings. The number of carbonyl (C=O) groups excluding carboxylic acids is 1. The standard InChI is InChI=1S/C28H30F2N4O2/c1-17-4-7-21(33-26(35)19-8-9-32-24(13-19)28(3,29)30)14-22(17)18-5-6-20-15-27(2,31)25-16-36-11-10-34(25)23(20)12-18/h4-9,12-14,25H,10-11,15-16,31H2,1-3H3,(H,33,35). The Morgan fingerprint density at radius 3 is 2.81 bits per heavy atom. The van der Waals surface area contributed by atoms with E-state index in [0.29, 0.717) is 18.9 Å². The molecule has 0 radical (unpaired) electrons. The van der Waals surface area contributed by atoms with Gasteiger partial charge in [-0.2, -0.15) is 8.78 Å². The molecule has 0 spiro atoms. The van der Waals surface area contributed by atoms with E-state index in [9.17, 15) is 13.6 Å². The highest BCUT2D eigenvalue weighted by molar-refractivity contribution is 6.04. The molecule has 36 heavy (non-hydrogen) atoms. The normalized spacial score (nSPS) is 21.5. The average molecular weight is 493 g/mol. The second-order valence-corrected chi connectivity index (χ2v) is 10.1. The van der Waals surface area contributed by atoms with Crippen LogP contribution in [0.4, 0.5) is 20.2 Å². The number of pyridine rings is 1. The number of alkyl halides is 2. The second-order valence-electron chi connectivity index (χ2n) is 10.1. The Hall–Kier alpha value is -3.36. The zero-order chi connectivity index (χ0) is 25.7. The number of benzene rings is 2. The number of nitrogens with zero attached hydrogens (tertiary/aromatic N) is 2. The molecule has 1 amide bonds. The van der Waals surface area contributed by atoms with Gasteiger partial charge in [0, 0.05) is 42.1 Å². The summed E-state index contributed by atoms with van der Waals surface area (Å²) in [4.78, 5) is 18.9. The van der Waals surface area contributed by atoms with Crippen LogP contribution >= 0.6 is 0 Å². The van der Waals surface area contributed by atoms with Gasteiger partial charge in [0.2, 0.25) is 0 Å². The van der Waals surface area contributed by atoms with Gasteiger partial charge in [0.15, 0.2) is 0 Å². The third kappa shape index (κ3) is 4.58. The predicted molar refractivity (Wildman–Crippen MR) is 137 cm³/mol. The van der Waals surface area contributed by atoms with Crippen molar-refractivity contribution in [1.29, 1.82) is 0 Å². The van der Waals surface area contributed by atoms with Gasteiger partial charge >= 0.3 is 0 Å². The van der Waals surface area contributed by atoms with E-state index in [4.69, 9.17) is 10.5 Å². The first kappa shape index (κ1) is 24.3. The van der Waals surface area contributed by atoms with Crippen LogP contribution in [0.25, 0.3) is 11.1 Å². The van der Waals surface area contributed by atoms with E-state index in [-0.39, 0.29) is 17.1 Å². The number of amides is 1. The van der Waals surface area contributed by atoms with E-state index in [1.54, 1.807) is 0 Å². The smallest absolute Gasteiger partial charge is 0.286 e. The SMILES string of the molecule is Cc1ccc(NC(=O)c2ccnc(C(C)(F)F)c2)cc1-c1ccc2c(c1)N1CCOCC1C(C)(N)C2. The van der Waals surface area contributed by atoms with E-state index in [1.807, 2.05) is 25.1 Å². The van der Waals surface area contributed by atoms with Crippen molar-refractivity contribution in [2.75, 3.05) is 30.0 Å². The fourth-order valence-corrected chi connectivity index (χ4v) is 5.14. The molecular weight excluding hydrogens is 462 g/mol. The number of morpholine rings is 1. The summed E-state index contributed by atoms with van der Waals surface area (Å²) in [6.45, 7) is 6.92. The minimum atomic E-state index is -3.12. The lowest BCUT2D eigenvalue weighted by atomic mass is 9.80. The number of carbonyl (C=O) groups is 1. The maximum atomic E-state index is 13.7. The quantitative estimate of drug-likeness (QED) is 0.542. The maximum absolute atomic E-state index is 13.7. The van der Waals surface area contributed by atoms with Crippen LogP contribution in [-0.2, 0) is 17.1 Å². The van der Waals surface area contributed by atoms with Crippen LogP contribution in [0.3, 0.4) is 0 Å². The minimum Gasteiger partial charge on any atom is -0.377 e. The number of nitrogens with two attached hydrogens (primary N) is 1. The van der Waals surface area contributed by atoms with Crippen LogP contribution in [-0.4, -0.2) is 42.2 Å². The maximum Gasteiger partial charge on any atom is 0.286 e. The zero-order valence-electron chi connectivity index (χ0n) is 20.6. The Morgan fingerprint density at radius 2 is 2.03 bits per heavy atom. The molecular formula is C28H30F2N4O2. The molecule has 0 saturated carbocycles. The summed E-state index contributed by atoms with van der Waals surface area (Å²) in [6.07, 6.45) is 1.99. The van der Waals surface area contributed by atoms with Crippen molar-refractivity contribution in [3.8, 4) is 11.1 Å². The predicted octanol–water partition coefficient (Wildman–Crippen LogP) is 4.90. The third-order valence-electron chi connectivity index (χ3n) is 7.13. The van der Waals surface area contributed by atoms with E-state index in [1.165, 1.54) is 23.5 Å². The highest BCUT2D eigenvalue weighted by Crippen LogP contribution is 2.39. The van der Waals surface area contributed by atoms with E-state index < -0.39 is 17.5 Å². The minimum absolute atomic E-state index is 0.112. The molecule has 3 heterocycles. The van der Waals surface area contributed by atoms with Crippen molar-refractivity contribution in [2.24, 2.45) is 5.73 Å². The fourth-order valence-electron chi connectivity index (χ4n) is 5.14. The van der Waals surface area contributed by atoms with E-state index in [2.05, 4.69) is 40.3 Å². The molecule has 6 nitrogen and oxygen atoms in total. The number of rotatable bonds is 4. The van der Waals surface area contributed by atoms with Gasteiger partial charge in [-0.1, -0.05) is 18.2 Å². The number of fused-ring (bicyclic) bond motifs is 3. The number of aryl methyl sites for hydroxylation is 1. The highest BCUT2D eigenvalue weighted by atomic mass is 19.3. The second kappa shape index (κ2) is 8.94. The van der Waals surface area contributed by atoms with Crippen molar-refractivity contribution in [3.63, 3.8) is 0 Å². The molecule has 1 aromatic heterocycles. The monoisotopic (exact) mass is 492 g/mol. The molecule has 1 fully saturated rings. The Balaban J connectivity index is 1.44. The van der Waals surface area contributed by atoms with Crippen LogP contribution < -0.4 is 16.0 Å². The first-order chi connectivity index (χ1) is 17.0. The average Bonchev–Trinajstić information content (AvgIpc) is 2.84. The van der Waals surface area contributed by atoms with Crippen molar-refractivity contribution in [1.82, 2.24) is 4.98 Å². The lowest BCUT2D eigenvalue weighted by molar-refractivity contribution is 0.0127. The van der Waals surface area contributed by atoms with Gasteiger partial charge < -0.3 is 20.7 Å². The first-order valence-corrected chi connectivity index (χ1v) is 12.1. The molecule has 2 aromatic carbocycles. The topological polar surface area (TPSA) is 80.5 Å². The van der Waals surface area contributed by atoms with Crippen molar-refractivity contribution >= 4 is 17.3 Å². The Morgan fingerprint density at radius 1 is 1.22 bits per heavy atom. The van der Waals surface area contributed by atoms with Crippen molar-refractivity contribution < 1.29 is 18.3 Å². The lowest BCUT2D eigenvalue weighted by Crippen LogP contribution is -2.65. The van der Waals surface area contributed by atoms with Crippen LogP contribution in [0.15, 0.2) is 54.7 Å². The molecule has 3 N–H and O–H groups in total. The van der Waals surface area contributed by atoms with Crippen LogP contribution in [0.1, 0.15) is 41.0 Å².